The summed E-state index contributed by atoms with van der Waals surface area (Å²) in [6.07, 6.45) is -0.876. The zero-order valence-electron chi connectivity index (χ0n) is 15.7. The molecule has 1 aromatic carbocycles. The molecule has 0 aliphatic heterocycles. The number of hydrogen-bond acceptors (Lipinski definition) is 5. The Bertz CT molecular complexity index is 691. The van der Waals surface area contributed by atoms with Gasteiger partial charge in [0.1, 0.15) is 6.04 Å². The van der Waals surface area contributed by atoms with Crippen LogP contribution in [-0.4, -0.2) is 43.0 Å². The number of benzene rings is 1. The fraction of sp³-hybridized carbons (Fsp3) is 0.444. The molecule has 1 aromatic rings. The number of urea groups is 1. The summed E-state index contributed by atoms with van der Waals surface area (Å²) in [6.45, 7) is 5.11. The summed E-state index contributed by atoms with van der Waals surface area (Å²) in [5.41, 5.74) is 0.339. The van der Waals surface area contributed by atoms with Crippen molar-refractivity contribution < 1.29 is 23.9 Å². The summed E-state index contributed by atoms with van der Waals surface area (Å²) >= 11 is 5.80. The summed E-state index contributed by atoms with van der Waals surface area (Å²) in [6, 6.07) is 4.56. The minimum absolute atomic E-state index is 0.0862. The van der Waals surface area contributed by atoms with Gasteiger partial charge in [0, 0.05) is 17.6 Å². The Kier molecular flexibility index (Phi) is 8.74. The zero-order valence-corrected chi connectivity index (χ0v) is 16.4. The molecule has 2 atom stereocenters. The van der Waals surface area contributed by atoms with E-state index in [2.05, 4.69) is 10.6 Å². The van der Waals surface area contributed by atoms with Crippen LogP contribution in [0.3, 0.4) is 0 Å². The third-order valence-electron chi connectivity index (χ3n) is 3.53. The van der Waals surface area contributed by atoms with Crippen molar-refractivity contribution in [3.8, 4) is 0 Å². The van der Waals surface area contributed by atoms with E-state index in [4.69, 9.17) is 16.3 Å². The fourth-order valence-electron chi connectivity index (χ4n) is 2.11. The maximum Gasteiger partial charge on any atom is 0.329 e. The maximum absolute atomic E-state index is 12.4. The molecule has 3 N–H and O–H groups in total. The average Bonchev–Trinajstić information content (AvgIpc) is 2.60. The van der Waals surface area contributed by atoms with Crippen LogP contribution < -0.4 is 16.0 Å². The second kappa shape index (κ2) is 10.5. The number of imide groups is 1. The van der Waals surface area contributed by atoms with E-state index in [9.17, 15) is 19.2 Å². The van der Waals surface area contributed by atoms with Gasteiger partial charge in [-0.15, -0.1) is 0 Å². The Hall–Kier alpha value is -2.61. The van der Waals surface area contributed by atoms with Gasteiger partial charge in [-0.2, -0.15) is 0 Å². The summed E-state index contributed by atoms with van der Waals surface area (Å²) in [5.74, 6) is -1.90. The van der Waals surface area contributed by atoms with Gasteiger partial charge in [0.25, 0.3) is 11.8 Å². The first-order chi connectivity index (χ1) is 12.6. The second-order valence-corrected chi connectivity index (χ2v) is 6.75. The molecule has 0 saturated heterocycles. The predicted molar refractivity (Wildman–Crippen MR) is 100 cm³/mol. The number of nitrogens with one attached hydrogen (secondary N) is 3. The number of ether oxygens (including phenoxy) is 1. The van der Waals surface area contributed by atoms with Crippen molar-refractivity contribution in [2.24, 2.45) is 5.92 Å². The Labute approximate surface area is 163 Å². The normalized spacial score (nSPS) is 12.7. The van der Waals surface area contributed by atoms with E-state index < -0.39 is 36.0 Å². The Balaban J connectivity index is 2.78. The summed E-state index contributed by atoms with van der Waals surface area (Å²) in [5, 5.41) is 7.34. The van der Waals surface area contributed by atoms with Crippen LogP contribution in [0.5, 0.6) is 0 Å². The highest BCUT2D eigenvalue weighted by atomic mass is 35.5. The molecule has 8 nitrogen and oxygen atoms in total. The topological polar surface area (TPSA) is 114 Å². The number of hydrogen-bond donors (Lipinski definition) is 3. The maximum atomic E-state index is 12.4. The molecule has 0 saturated carbocycles. The molecule has 0 fully saturated rings. The van der Waals surface area contributed by atoms with Crippen molar-refractivity contribution in [3.63, 3.8) is 0 Å². The van der Waals surface area contributed by atoms with Gasteiger partial charge in [-0.05, 0) is 43.5 Å². The van der Waals surface area contributed by atoms with Gasteiger partial charge in [-0.1, -0.05) is 25.4 Å². The van der Waals surface area contributed by atoms with Crippen LogP contribution >= 0.6 is 11.6 Å². The third-order valence-corrected chi connectivity index (χ3v) is 3.78. The minimum Gasteiger partial charge on any atom is -0.451 e. The van der Waals surface area contributed by atoms with Gasteiger partial charge >= 0.3 is 12.0 Å². The highest BCUT2D eigenvalue weighted by Gasteiger charge is 2.28. The van der Waals surface area contributed by atoms with E-state index >= 15 is 0 Å². The summed E-state index contributed by atoms with van der Waals surface area (Å²) < 4.78 is 5.11. The standard InChI is InChI=1S/C18H24ClN3O5/c1-10(2)9-14(21-16(24)12-5-7-13(19)8-6-12)17(25)27-11(3)15(23)22-18(26)20-4/h5-8,10-11,14H,9H2,1-4H3,(H,21,24)(H2,20,22,23,26)/t11-,14-/m0/s1. The van der Waals surface area contributed by atoms with E-state index in [1.165, 1.54) is 26.1 Å². The smallest absolute Gasteiger partial charge is 0.329 e. The molecule has 0 heterocycles. The summed E-state index contributed by atoms with van der Waals surface area (Å²) in [7, 11) is 1.35. The molecule has 4 amide bonds. The van der Waals surface area contributed by atoms with Crippen LogP contribution in [0, 0.1) is 5.92 Å². The molecule has 0 unspecified atom stereocenters. The number of amides is 4. The quantitative estimate of drug-likeness (QED) is 0.608. The van der Waals surface area contributed by atoms with Crippen LogP contribution in [0.1, 0.15) is 37.6 Å². The molecule has 0 spiro atoms. The Morgan fingerprint density at radius 1 is 1.07 bits per heavy atom. The number of rotatable bonds is 7. The van der Waals surface area contributed by atoms with Crippen molar-refractivity contribution >= 4 is 35.4 Å². The monoisotopic (exact) mass is 397 g/mol. The van der Waals surface area contributed by atoms with Crippen LogP contribution in [0.4, 0.5) is 4.79 Å². The largest absolute Gasteiger partial charge is 0.451 e. The van der Waals surface area contributed by atoms with Crippen LogP contribution in [0.15, 0.2) is 24.3 Å². The molecule has 1 rings (SSSR count). The molecule has 0 aliphatic rings. The highest BCUT2D eigenvalue weighted by Crippen LogP contribution is 2.12. The average molecular weight is 398 g/mol. The van der Waals surface area contributed by atoms with E-state index in [0.29, 0.717) is 17.0 Å². The van der Waals surface area contributed by atoms with Crippen molar-refractivity contribution in [1.82, 2.24) is 16.0 Å². The first-order valence-electron chi connectivity index (χ1n) is 8.43. The lowest BCUT2D eigenvalue weighted by molar-refractivity contribution is -0.156. The highest BCUT2D eigenvalue weighted by molar-refractivity contribution is 6.30. The van der Waals surface area contributed by atoms with E-state index in [0.717, 1.165) is 0 Å². The van der Waals surface area contributed by atoms with Gasteiger partial charge in [0.2, 0.25) is 0 Å². The Morgan fingerprint density at radius 2 is 1.67 bits per heavy atom. The number of carbonyl (C=O) groups excluding carboxylic acids is 4. The molecular formula is C18H24ClN3O5. The van der Waals surface area contributed by atoms with Gasteiger partial charge < -0.3 is 15.4 Å². The predicted octanol–water partition coefficient (Wildman–Crippen LogP) is 1.87. The molecule has 0 bridgehead atoms. The number of carbonyl (C=O) groups is 4. The molecule has 0 aromatic heterocycles. The third kappa shape index (κ3) is 7.65. The van der Waals surface area contributed by atoms with Gasteiger partial charge in [0.15, 0.2) is 6.10 Å². The number of halogens is 1. The van der Waals surface area contributed by atoms with Gasteiger partial charge in [0.05, 0.1) is 0 Å². The molecule has 0 aliphatic carbocycles. The lowest BCUT2D eigenvalue weighted by Gasteiger charge is -2.21. The molecule has 9 heteroatoms. The first-order valence-corrected chi connectivity index (χ1v) is 8.81. The minimum atomic E-state index is -1.20. The van der Waals surface area contributed by atoms with Crippen molar-refractivity contribution in [1.29, 1.82) is 0 Å². The van der Waals surface area contributed by atoms with E-state index in [1.54, 1.807) is 12.1 Å². The molecule has 148 valence electrons. The van der Waals surface area contributed by atoms with Crippen molar-refractivity contribution in [2.45, 2.75) is 39.3 Å². The van der Waals surface area contributed by atoms with Crippen LogP contribution in [0.2, 0.25) is 5.02 Å². The van der Waals surface area contributed by atoms with Crippen LogP contribution in [-0.2, 0) is 14.3 Å². The lowest BCUT2D eigenvalue weighted by Crippen LogP contribution is -2.47. The fourth-order valence-corrected chi connectivity index (χ4v) is 2.24. The second-order valence-electron chi connectivity index (χ2n) is 6.31. The molecule has 27 heavy (non-hydrogen) atoms. The summed E-state index contributed by atoms with van der Waals surface area (Å²) in [4.78, 5) is 47.8. The lowest BCUT2D eigenvalue weighted by atomic mass is 10.0. The Morgan fingerprint density at radius 3 is 2.19 bits per heavy atom. The van der Waals surface area contributed by atoms with Crippen LogP contribution in [0.25, 0.3) is 0 Å². The van der Waals surface area contributed by atoms with E-state index in [1.807, 2.05) is 19.2 Å². The van der Waals surface area contributed by atoms with Gasteiger partial charge in [-0.3, -0.25) is 14.9 Å². The van der Waals surface area contributed by atoms with Crippen molar-refractivity contribution in [2.75, 3.05) is 7.05 Å². The number of esters is 1. The molecule has 0 radical (unpaired) electrons. The van der Waals surface area contributed by atoms with Crippen molar-refractivity contribution in [3.05, 3.63) is 34.9 Å². The first kappa shape index (κ1) is 22.4. The molecular weight excluding hydrogens is 374 g/mol. The SMILES string of the molecule is CNC(=O)NC(=O)[C@H](C)OC(=O)[C@H](CC(C)C)NC(=O)c1ccc(Cl)cc1. The zero-order chi connectivity index (χ0) is 20.6. The van der Waals surface area contributed by atoms with E-state index in [-0.39, 0.29) is 5.92 Å². The van der Waals surface area contributed by atoms with Gasteiger partial charge in [-0.25, -0.2) is 9.59 Å².